The lowest BCUT2D eigenvalue weighted by atomic mass is 9.98. The molecule has 0 fully saturated rings. The standard InChI is InChI=1S/C11H13ClO2.C10H9ClO3/c1-8(7-11(13)14)6-9-2-4-10(12)5-3-9;11-8-3-1-7(2-4-8)9(12)5-6-10(13)14/h2-5,8H,6-7H2,1H3,(H,13,14);1-4H,5-6H2,(H,13,14). The fourth-order valence-electron chi connectivity index (χ4n) is 2.39. The number of carboxylic acids is 2. The van der Waals surface area contributed by atoms with Crippen LogP contribution in [-0.2, 0) is 16.0 Å². The Bertz CT molecular complexity index is 785. The van der Waals surface area contributed by atoms with Crippen molar-refractivity contribution < 1.29 is 24.6 Å². The highest BCUT2D eigenvalue weighted by atomic mass is 35.5. The molecule has 0 aromatic heterocycles. The summed E-state index contributed by atoms with van der Waals surface area (Å²) in [6, 6.07) is 13.9. The van der Waals surface area contributed by atoms with Crippen molar-refractivity contribution in [3.05, 3.63) is 69.7 Å². The molecule has 7 heteroatoms. The molecule has 0 spiro atoms. The van der Waals surface area contributed by atoms with Crippen molar-refractivity contribution in [2.45, 2.75) is 32.6 Å². The van der Waals surface area contributed by atoms with Crippen molar-refractivity contribution in [3.8, 4) is 0 Å². The molecule has 2 aromatic rings. The van der Waals surface area contributed by atoms with Crippen LogP contribution in [-0.4, -0.2) is 27.9 Å². The number of hydrogen-bond acceptors (Lipinski definition) is 3. The van der Waals surface area contributed by atoms with Gasteiger partial charge in [-0.05, 0) is 54.3 Å². The Hall–Kier alpha value is -2.37. The van der Waals surface area contributed by atoms with Gasteiger partial charge in [-0.1, -0.05) is 42.3 Å². The first-order valence-corrected chi connectivity index (χ1v) is 9.39. The van der Waals surface area contributed by atoms with Gasteiger partial charge in [0.25, 0.3) is 0 Å². The maximum atomic E-state index is 11.4. The third-order valence-electron chi connectivity index (χ3n) is 3.75. The zero-order chi connectivity index (χ0) is 21.1. The average Bonchev–Trinajstić information content (AvgIpc) is 2.62. The van der Waals surface area contributed by atoms with E-state index in [1.807, 2.05) is 31.2 Å². The molecule has 0 bridgehead atoms. The van der Waals surface area contributed by atoms with Gasteiger partial charge < -0.3 is 10.2 Å². The van der Waals surface area contributed by atoms with E-state index in [0.29, 0.717) is 15.6 Å². The summed E-state index contributed by atoms with van der Waals surface area (Å²) in [5.74, 6) is -1.73. The van der Waals surface area contributed by atoms with E-state index in [9.17, 15) is 14.4 Å². The van der Waals surface area contributed by atoms with E-state index in [1.54, 1.807) is 24.3 Å². The minimum atomic E-state index is -0.965. The zero-order valence-electron chi connectivity index (χ0n) is 15.4. The normalized spacial score (nSPS) is 11.1. The van der Waals surface area contributed by atoms with Crippen molar-refractivity contribution in [3.63, 3.8) is 0 Å². The predicted molar refractivity (Wildman–Crippen MR) is 109 cm³/mol. The van der Waals surface area contributed by atoms with Gasteiger partial charge in [0, 0.05) is 28.5 Å². The molecule has 0 radical (unpaired) electrons. The smallest absolute Gasteiger partial charge is 0.303 e. The molecular formula is C21H22Cl2O5. The molecule has 28 heavy (non-hydrogen) atoms. The number of rotatable bonds is 8. The maximum absolute atomic E-state index is 11.4. The number of hydrogen-bond donors (Lipinski definition) is 2. The van der Waals surface area contributed by atoms with Gasteiger partial charge in [0.05, 0.1) is 6.42 Å². The van der Waals surface area contributed by atoms with E-state index in [2.05, 4.69) is 0 Å². The molecule has 1 unspecified atom stereocenters. The summed E-state index contributed by atoms with van der Waals surface area (Å²) in [5.41, 5.74) is 1.62. The van der Waals surface area contributed by atoms with Gasteiger partial charge in [-0.2, -0.15) is 0 Å². The Morgan fingerprint density at radius 2 is 1.32 bits per heavy atom. The number of ketones is 1. The second-order valence-electron chi connectivity index (χ2n) is 6.36. The van der Waals surface area contributed by atoms with Crippen LogP contribution in [0.4, 0.5) is 0 Å². The van der Waals surface area contributed by atoms with Gasteiger partial charge in [0.1, 0.15) is 0 Å². The molecule has 0 saturated heterocycles. The number of carboxylic acid groups (broad SMARTS) is 2. The highest BCUT2D eigenvalue weighted by molar-refractivity contribution is 6.30. The molecule has 0 aliphatic rings. The molecule has 0 aliphatic carbocycles. The number of benzene rings is 2. The Morgan fingerprint density at radius 3 is 1.79 bits per heavy atom. The van der Waals surface area contributed by atoms with Crippen LogP contribution in [0.1, 0.15) is 42.1 Å². The Morgan fingerprint density at radius 1 is 0.821 bits per heavy atom. The number of Topliss-reactive ketones (excluding diaryl/α,β-unsaturated/α-hetero) is 1. The first kappa shape index (κ1) is 23.7. The second-order valence-corrected chi connectivity index (χ2v) is 7.23. The molecule has 0 saturated carbocycles. The van der Waals surface area contributed by atoms with Crippen LogP contribution in [0.15, 0.2) is 48.5 Å². The van der Waals surface area contributed by atoms with Gasteiger partial charge >= 0.3 is 11.9 Å². The third kappa shape index (κ3) is 10.1. The Kier molecular flexibility index (Phi) is 10.3. The summed E-state index contributed by atoms with van der Waals surface area (Å²) in [4.78, 5) is 32.0. The quantitative estimate of drug-likeness (QED) is 0.554. The number of carbonyl (C=O) groups is 3. The minimum absolute atomic E-state index is 0.0248. The highest BCUT2D eigenvalue weighted by Crippen LogP contribution is 2.15. The minimum Gasteiger partial charge on any atom is -0.481 e. The van der Waals surface area contributed by atoms with Crippen molar-refractivity contribution in [1.82, 2.24) is 0 Å². The topological polar surface area (TPSA) is 91.7 Å². The van der Waals surface area contributed by atoms with Gasteiger partial charge in [-0.3, -0.25) is 14.4 Å². The Labute approximate surface area is 173 Å². The van der Waals surface area contributed by atoms with Gasteiger partial charge in [0.15, 0.2) is 5.78 Å². The number of aliphatic carboxylic acids is 2. The SMILES string of the molecule is CC(CC(=O)O)Cc1ccc(Cl)cc1.O=C(O)CCC(=O)c1ccc(Cl)cc1. The third-order valence-corrected chi connectivity index (χ3v) is 4.26. The Balaban J connectivity index is 0.000000280. The van der Waals surface area contributed by atoms with Gasteiger partial charge in [-0.25, -0.2) is 0 Å². The van der Waals surface area contributed by atoms with E-state index in [0.717, 1.165) is 12.0 Å². The van der Waals surface area contributed by atoms with Crippen LogP contribution in [0.2, 0.25) is 10.0 Å². The van der Waals surface area contributed by atoms with Crippen LogP contribution < -0.4 is 0 Å². The van der Waals surface area contributed by atoms with Crippen molar-refractivity contribution >= 4 is 40.9 Å². The molecule has 1 atom stereocenters. The van der Waals surface area contributed by atoms with Crippen LogP contribution in [0.5, 0.6) is 0 Å². The van der Waals surface area contributed by atoms with Crippen molar-refractivity contribution in [2.24, 2.45) is 5.92 Å². The van der Waals surface area contributed by atoms with E-state index in [4.69, 9.17) is 33.4 Å². The maximum Gasteiger partial charge on any atom is 0.303 e. The highest BCUT2D eigenvalue weighted by Gasteiger charge is 2.08. The summed E-state index contributed by atoms with van der Waals surface area (Å²) in [6.07, 6.45) is 0.879. The van der Waals surface area contributed by atoms with E-state index >= 15 is 0 Å². The zero-order valence-corrected chi connectivity index (χ0v) is 16.9. The first-order chi connectivity index (χ1) is 13.2. The lowest BCUT2D eigenvalue weighted by molar-refractivity contribution is -0.138. The fourth-order valence-corrected chi connectivity index (χ4v) is 2.65. The number of halogens is 2. The monoisotopic (exact) mass is 424 g/mol. The second kappa shape index (κ2) is 12.2. The molecule has 5 nitrogen and oxygen atoms in total. The van der Waals surface area contributed by atoms with E-state index in [-0.39, 0.29) is 31.0 Å². The molecule has 2 aromatic carbocycles. The molecule has 0 aliphatic heterocycles. The van der Waals surface area contributed by atoms with Gasteiger partial charge in [-0.15, -0.1) is 0 Å². The predicted octanol–water partition coefficient (Wildman–Crippen LogP) is 5.38. The van der Waals surface area contributed by atoms with Crippen LogP contribution in [0.3, 0.4) is 0 Å². The molecule has 2 N–H and O–H groups in total. The lowest BCUT2D eigenvalue weighted by Crippen LogP contribution is -2.06. The van der Waals surface area contributed by atoms with Crippen LogP contribution in [0, 0.1) is 5.92 Å². The largest absolute Gasteiger partial charge is 0.481 e. The summed E-state index contributed by atoms with van der Waals surface area (Å²) < 4.78 is 0. The van der Waals surface area contributed by atoms with Crippen LogP contribution >= 0.6 is 23.2 Å². The summed E-state index contributed by atoms with van der Waals surface area (Å²) in [7, 11) is 0. The van der Waals surface area contributed by atoms with Crippen LogP contribution in [0.25, 0.3) is 0 Å². The molecule has 0 amide bonds. The molecule has 0 heterocycles. The van der Waals surface area contributed by atoms with Gasteiger partial charge in [0.2, 0.25) is 0 Å². The molecule has 2 rings (SSSR count). The molecular weight excluding hydrogens is 403 g/mol. The van der Waals surface area contributed by atoms with Crippen molar-refractivity contribution in [1.29, 1.82) is 0 Å². The lowest BCUT2D eigenvalue weighted by Gasteiger charge is -2.08. The average molecular weight is 425 g/mol. The van der Waals surface area contributed by atoms with Crippen molar-refractivity contribution in [2.75, 3.05) is 0 Å². The summed E-state index contributed by atoms with van der Waals surface area (Å²) in [5, 5.41) is 18.2. The molecule has 150 valence electrons. The van der Waals surface area contributed by atoms with E-state index in [1.165, 1.54) is 0 Å². The summed E-state index contributed by atoms with van der Waals surface area (Å²) >= 11 is 11.4. The van der Waals surface area contributed by atoms with E-state index < -0.39 is 11.9 Å². The first-order valence-electron chi connectivity index (χ1n) is 8.64. The fraction of sp³-hybridized carbons (Fsp3) is 0.286. The summed E-state index contributed by atoms with van der Waals surface area (Å²) in [6.45, 7) is 1.93. The number of carbonyl (C=O) groups excluding carboxylic acids is 1.